The number of benzene rings is 9. The Morgan fingerprint density at radius 2 is 0.800 bits per heavy atom. The molecule has 0 saturated heterocycles. The van der Waals surface area contributed by atoms with Crippen LogP contribution in [0.5, 0.6) is 11.5 Å². The summed E-state index contributed by atoms with van der Waals surface area (Å²) in [6.07, 6.45) is 0. The van der Waals surface area contributed by atoms with Gasteiger partial charge in [0.15, 0.2) is 0 Å². The van der Waals surface area contributed by atoms with Crippen LogP contribution in [-0.2, 0) is 0 Å². The van der Waals surface area contributed by atoms with E-state index in [1.807, 2.05) is 133 Å². The summed E-state index contributed by atoms with van der Waals surface area (Å²) >= 11 is 0. The molecule has 65 heavy (non-hydrogen) atoms. The van der Waals surface area contributed by atoms with E-state index in [-0.39, 0.29) is 16.9 Å². The van der Waals surface area contributed by atoms with E-state index in [1.54, 1.807) is 6.07 Å². The van der Waals surface area contributed by atoms with Gasteiger partial charge in [-0.3, -0.25) is 0 Å². The first-order valence-corrected chi connectivity index (χ1v) is 21.2. The molecule has 11 rings (SSSR count). The SMILES string of the molecule is N#Cc1cc(C#N)c2c3c1Oc1c(ccc(-c4ccccc4)c1C#N)B3c1ccc(-c3ccccc3)c(C#N)c1N2c1c(-c2ccccc2)cc(-c2ccccc2)cc1-c1ccccc1. The fourth-order valence-corrected chi connectivity index (χ4v) is 9.68. The van der Waals surface area contributed by atoms with Crippen molar-refractivity contribution in [3.63, 3.8) is 0 Å². The lowest BCUT2D eigenvalue weighted by Crippen LogP contribution is -2.60. The lowest BCUT2D eigenvalue weighted by Gasteiger charge is -2.43. The Kier molecular flexibility index (Phi) is 9.37. The Balaban J connectivity index is 1.33. The van der Waals surface area contributed by atoms with Gasteiger partial charge in [-0.1, -0.05) is 176 Å². The van der Waals surface area contributed by atoms with Crippen molar-refractivity contribution < 1.29 is 4.74 Å². The Hall–Kier alpha value is -9.40. The normalized spacial score (nSPS) is 11.7. The van der Waals surface area contributed by atoms with Gasteiger partial charge in [0, 0.05) is 22.3 Å². The second kappa shape index (κ2) is 15.8. The minimum Gasteiger partial charge on any atom is -0.456 e. The Morgan fingerprint density at radius 3 is 1.28 bits per heavy atom. The van der Waals surface area contributed by atoms with Crippen LogP contribution in [0.15, 0.2) is 194 Å². The van der Waals surface area contributed by atoms with Gasteiger partial charge in [0.25, 0.3) is 6.71 Å². The van der Waals surface area contributed by atoms with E-state index in [1.165, 1.54) is 0 Å². The van der Waals surface area contributed by atoms with Gasteiger partial charge in [0.05, 0.1) is 33.8 Å². The van der Waals surface area contributed by atoms with Crippen LogP contribution >= 0.6 is 0 Å². The number of nitrogens with zero attached hydrogens (tertiary/aromatic N) is 5. The Bertz CT molecular complexity index is 3490. The lowest BCUT2D eigenvalue weighted by atomic mass is 9.33. The van der Waals surface area contributed by atoms with Gasteiger partial charge in [0.1, 0.15) is 41.3 Å². The van der Waals surface area contributed by atoms with Crippen LogP contribution in [0.25, 0.3) is 55.6 Å². The summed E-state index contributed by atoms with van der Waals surface area (Å²) in [6, 6.07) is 74.0. The van der Waals surface area contributed by atoms with Crippen LogP contribution in [0.4, 0.5) is 17.1 Å². The van der Waals surface area contributed by atoms with Crippen molar-refractivity contribution in [1.29, 1.82) is 21.0 Å². The van der Waals surface area contributed by atoms with Crippen molar-refractivity contribution in [2.75, 3.05) is 4.90 Å². The summed E-state index contributed by atoms with van der Waals surface area (Å²) < 4.78 is 6.94. The first-order chi connectivity index (χ1) is 32.1. The van der Waals surface area contributed by atoms with Crippen LogP contribution in [0.3, 0.4) is 0 Å². The summed E-state index contributed by atoms with van der Waals surface area (Å²) in [7, 11) is 0. The maximum absolute atomic E-state index is 11.6. The van der Waals surface area contributed by atoms with E-state index in [0.717, 1.165) is 61.2 Å². The zero-order valence-electron chi connectivity index (χ0n) is 34.7. The molecule has 2 heterocycles. The van der Waals surface area contributed by atoms with Crippen molar-refractivity contribution in [2.45, 2.75) is 0 Å². The number of hydrogen-bond acceptors (Lipinski definition) is 6. The summed E-state index contributed by atoms with van der Waals surface area (Å²) in [5.41, 5.74) is 13.8. The highest BCUT2D eigenvalue weighted by atomic mass is 16.5. The highest BCUT2D eigenvalue weighted by molar-refractivity contribution is 6.99. The molecule has 0 aromatic heterocycles. The van der Waals surface area contributed by atoms with Crippen molar-refractivity contribution in [2.24, 2.45) is 0 Å². The molecule has 0 aliphatic carbocycles. The molecule has 9 aromatic carbocycles. The summed E-state index contributed by atoms with van der Waals surface area (Å²) in [5.74, 6) is 0.608. The molecule has 0 fully saturated rings. The van der Waals surface area contributed by atoms with E-state index in [4.69, 9.17) is 4.74 Å². The first-order valence-electron chi connectivity index (χ1n) is 21.2. The second-order valence-corrected chi connectivity index (χ2v) is 16.0. The standard InChI is InChI=1S/C58H32BN5O/c60-33-43-30-44(34-61)57-53-54(43)64(55-47(40-22-12-4-13-23-40)31-42(37-16-6-1-7-17-37)32-48(55)41-24-14-5-15-25-41)56-49(35-62)45(38-18-8-2-9-19-38)26-28-51(56)59(53)52-29-27-46(39-20-10-3-11-21-39)50(36-63)58(52)65-57/h1-32H. The number of nitriles is 4. The number of anilines is 3. The summed E-state index contributed by atoms with van der Waals surface area (Å²) in [6.45, 7) is -0.645. The van der Waals surface area contributed by atoms with E-state index in [9.17, 15) is 21.0 Å². The van der Waals surface area contributed by atoms with Crippen molar-refractivity contribution >= 4 is 40.2 Å². The molecular formula is C58H32BN5O. The third-order valence-electron chi connectivity index (χ3n) is 12.5. The molecule has 9 aromatic rings. The topological polar surface area (TPSA) is 108 Å². The fourth-order valence-electron chi connectivity index (χ4n) is 9.68. The second-order valence-electron chi connectivity index (χ2n) is 16.0. The molecule has 6 nitrogen and oxygen atoms in total. The van der Waals surface area contributed by atoms with Gasteiger partial charge >= 0.3 is 0 Å². The molecular weight excluding hydrogens is 793 g/mol. The number of ether oxygens (including phenoxy) is 1. The van der Waals surface area contributed by atoms with Crippen LogP contribution in [-0.4, -0.2) is 6.71 Å². The molecule has 2 aliphatic rings. The van der Waals surface area contributed by atoms with Crippen LogP contribution in [0.1, 0.15) is 22.3 Å². The molecule has 0 N–H and O–H groups in total. The third kappa shape index (κ3) is 6.16. The lowest BCUT2D eigenvalue weighted by molar-refractivity contribution is 0.484. The van der Waals surface area contributed by atoms with E-state index >= 15 is 0 Å². The van der Waals surface area contributed by atoms with Crippen LogP contribution < -0.4 is 26.0 Å². The van der Waals surface area contributed by atoms with Crippen LogP contribution in [0.2, 0.25) is 0 Å². The molecule has 0 bridgehead atoms. The summed E-state index contributed by atoms with van der Waals surface area (Å²) in [4.78, 5) is 2.09. The van der Waals surface area contributed by atoms with Gasteiger partial charge in [-0.2, -0.15) is 21.0 Å². The molecule has 0 amide bonds. The summed E-state index contributed by atoms with van der Waals surface area (Å²) in [5, 5.41) is 44.8. The smallest absolute Gasteiger partial charge is 0.256 e. The van der Waals surface area contributed by atoms with Gasteiger partial charge in [-0.25, -0.2) is 0 Å². The maximum Gasteiger partial charge on any atom is 0.256 e. The molecule has 0 radical (unpaired) electrons. The monoisotopic (exact) mass is 825 g/mol. The largest absolute Gasteiger partial charge is 0.456 e. The minimum absolute atomic E-state index is 0.167. The highest BCUT2D eigenvalue weighted by Crippen LogP contribution is 2.53. The molecule has 0 spiro atoms. The third-order valence-corrected chi connectivity index (χ3v) is 12.5. The van der Waals surface area contributed by atoms with E-state index < -0.39 is 6.71 Å². The predicted molar refractivity (Wildman–Crippen MR) is 258 cm³/mol. The molecule has 0 atom stereocenters. The van der Waals surface area contributed by atoms with E-state index in [0.29, 0.717) is 44.7 Å². The fraction of sp³-hybridized carbons (Fsp3) is 0. The average molecular weight is 826 g/mol. The number of fused-ring (bicyclic) bond motifs is 4. The molecule has 7 heteroatoms. The van der Waals surface area contributed by atoms with Crippen LogP contribution in [0, 0.1) is 45.3 Å². The molecule has 298 valence electrons. The Morgan fingerprint density at radius 1 is 0.354 bits per heavy atom. The predicted octanol–water partition coefficient (Wildman–Crippen LogP) is 11.9. The van der Waals surface area contributed by atoms with Gasteiger partial charge in [0.2, 0.25) is 0 Å². The average Bonchev–Trinajstić information content (AvgIpc) is 3.38. The van der Waals surface area contributed by atoms with Gasteiger partial charge in [-0.05, 0) is 68.0 Å². The maximum atomic E-state index is 11.6. The molecule has 0 saturated carbocycles. The van der Waals surface area contributed by atoms with Crippen molar-refractivity contribution in [1.82, 2.24) is 0 Å². The number of rotatable bonds is 6. The van der Waals surface area contributed by atoms with E-state index in [2.05, 4.69) is 83.8 Å². The zero-order chi connectivity index (χ0) is 44.0. The molecule has 0 unspecified atom stereocenters. The van der Waals surface area contributed by atoms with Crippen molar-refractivity contribution in [3.05, 3.63) is 216 Å². The first kappa shape index (κ1) is 38.5. The quantitative estimate of drug-likeness (QED) is 0.155. The minimum atomic E-state index is -0.645. The van der Waals surface area contributed by atoms with Crippen molar-refractivity contribution in [3.8, 4) is 91.4 Å². The highest BCUT2D eigenvalue weighted by Gasteiger charge is 2.47. The van der Waals surface area contributed by atoms with Gasteiger partial charge < -0.3 is 9.64 Å². The Labute approximate surface area is 377 Å². The number of hydrogen-bond donors (Lipinski definition) is 0. The molecule has 2 aliphatic heterocycles. The zero-order valence-corrected chi connectivity index (χ0v) is 34.7. The van der Waals surface area contributed by atoms with Gasteiger partial charge in [-0.15, -0.1) is 0 Å².